The smallest absolute Gasteiger partial charge is 0.0772 e. The van der Waals surface area contributed by atoms with Gasteiger partial charge in [0.05, 0.1) is 11.4 Å². The molecule has 1 aromatic heterocycles. The molecule has 0 fully saturated rings. The third kappa shape index (κ3) is 1.56. The molecule has 3 heteroatoms. The van der Waals surface area contributed by atoms with Gasteiger partial charge in [0.1, 0.15) is 0 Å². The van der Waals surface area contributed by atoms with E-state index in [0.29, 0.717) is 6.04 Å². The summed E-state index contributed by atoms with van der Waals surface area (Å²) in [5, 5.41) is 0. The van der Waals surface area contributed by atoms with Gasteiger partial charge in [-0.2, -0.15) is 0 Å². The summed E-state index contributed by atoms with van der Waals surface area (Å²) in [6.07, 6.45) is 4.74. The van der Waals surface area contributed by atoms with Crippen LogP contribution in [0.2, 0.25) is 0 Å². The Kier molecular flexibility index (Phi) is 2.27. The van der Waals surface area contributed by atoms with Crippen LogP contribution >= 0.6 is 0 Å². The van der Waals surface area contributed by atoms with Crippen LogP contribution in [0.3, 0.4) is 0 Å². The molecule has 0 N–H and O–H groups in total. The highest BCUT2D eigenvalue weighted by molar-refractivity contribution is 5.15. The first kappa shape index (κ1) is 8.63. The maximum absolute atomic E-state index is 4.32. The van der Waals surface area contributed by atoms with Gasteiger partial charge in [0.2, 0.25) is 0 Å². The van der Waals surface area contributed by atoms with Gasteiger partial charge in [0.15, 0.2) is 0 Å². The van der Waals surface area contributed by atoms with Gasteiger partial charge in [0.25, 0.3) is 0 Å². The van der Waals surface area contributed by atoms with Crippen LogP contribution in [0, 0.1) is 0 Å². The fourth-order valence-corrected chi connectivity index (χ4v) is 1.67. The first-order valence-corrected chi connectivity index (χ1v) is 4.84. The molecule has 0 radical (unpaired) electrons. The van der Waals surface area contributed by atoms with Gasteiger partial charge in [-0.1, -0.05) is 6.92 Å². The molecule has 0 aromatic carbocycles. The van der Waals surface area contributed by atoms with Crippen LogP contribution < -0.4 is 0 Å². The Bertz CT molecular complexity index is 273. The Morgan fingerprint density at radius 3 is 2.31 bits per heavy atom. The van der Waals surface area contributed by atoms with E-state index in [2.05, 4.69) is 28.7 Å². The zero-order valence-electron chi connectivity index (χ0n) is 8.20. The van der Waals surface area contributed by atoms with Crippen LogP contribution in [0.5, 0.6) is 0 Å². The second-order valence-corrected chi connectivity index (χ2v) is 3.61. The van der Waals surface area contributed by atoms with Crippen molar-refractivity contribution in [3.63, 3.8) is 0 Å². The van der Waals surface area contributed by atoms with E-state index in [4.69, 9.17) is 0 Å². The highest BCUT2D eigenvalue weighted by atomic mass is 15.2. The second-order valence-electron chi connectivity index (χ2n) is 3.61. The predicted molar refractivity (Wildman–Crippen MR) is 51.0 cm³/mol. The lowest BCUT2D eigenvalue weighted by Gasteiger charge is -2.21. The quantitative estimate of drug-likeness (QED) is 0.687. The van der Waals surface area contributed by atoms with Crippen molar-refractivity contribution in [2.45, 2.75) is 39.4 Å². The molecule has 0 aliphatic carbocycles. The highest BCUT2D eigenvalue weighted by Gasteiger charge is 2.23. The van der Waals surface area contributed by atoms with E-state index in [-0.39, 0.29) is 0 Å². The minimum Gasteiger partial charge on any atom is -0.289 e. The lowest BCUT2D eigenvalue weighted by Crippen LogP contribution is -2.27. The van der Waals surface area contributed by atoms with Gasteiger partial charge in [-0.05, 0) is 13.3 Å². The molecule has 3 nitrogen and oxygen atoms in total. The summed E-state index contributed by atoms with van der Waals surface area (Å²) in [6.45, 7) is 6.41. The van der Waals surface area contributed by atoms with E-state index >= 15 is 0 Å². The van der Waals surface area contributed by atoms with Gasteiger partial charge in [-0.15, -0.1) is 0 Å². The molecule has 2 rings (SSSR count). The van der Waals surface area contributed by atoms with Gasteiger partial charge < -0.3 is 0 Å². The van der Waals surface area contributed by atoms with E-state index in [0.717, 1.165) is 24.5 Å². The largest absolute Gasteiger partial charge is 0.289 e. The van der Waals surface area contributed by atoms with E-state index in [1.807, 2.05) is 0 Å². The summed E-state index contributed by atoms with van der Waals surface area (Å²) >= 11 is 0. The minimum atomic E-state index is 0.635. The molecule has 1 unspecified atom stereocenters. The molecule has 70 valence electrons. The van der Waals surface area contributed by atoms with E-state index < -0.39 is 0 Å². The molecule has 0 saturated heterocycles. The Balaban J connectivity index is 2.14. The fourth-order valence-electron chi connectivity index (χ4n) is 1.67. The van der Waals surface area contributed by atoms with Crippen LogP contribution in [0.4, 0.5) is 0 Å². The van der Waals surface area contributed by atoms with Gasteiger partial charge in [-0.3, -0.25) is 14.9 Å². The SMILES string of the molecule is CCC(C)N1Cc2nccnc2C1. The summed E-state index contributed by atoms with van der Waals surface area (Å²) in [7, 11) is 0. The minimum absolute atomic E-state index is 0.635. The van der Waals surface area contributed by atoms with Gasteiger partial charge in [-0.25, -0.2) is 0 Å². The number of nitrogens with zero attached hydrogens (tertiary/aromatic N) is 3. The molecule has 1 aliphatic rings. The van der Waals surface area contributed by atoms with Crippen molar-refractivity contribution in [2.75, 3.05) is 0 Å². The van der Waals surface area contributed by atoms with Crippen molar-refractivity contribution in [3.8, 4) is 0 Å². The van der Waals surface area contributed by atoms with E-state index in [1.165, 1.54) is 6.42 Å². The summed E-state index contributed by atoms with van der Waals surface area (Å²) < 4.78 is 0. The maximum atomic E-state index is 4.32. The molecule has 1 atom stereocenters. The summed E-state index contributed by atoms with van der Waals surface area (Å²) in [5.74, 6) is 0. The second kappa shape index (κ2) is 3.42. The van der Waals surface area contributed by atoms with Crippen molar-refractivity contribution in [1.82, 2.24) is 14.9 Å². The number of fused-ring (bicyclic) bond motifs is 1. The molecule has 0 spiro atoms. The van der Waals surface area contributed by atoms with Crippen LogP contribution in [0.25, 0.3) is 0 Å². The van der Waals surface area contributed by atoms with Crippen molar-refractivity contribution in [1.29, 1.82) is 0 Å². The Morgan fingerprint density at radius 1 is 1.31 bits per heavy atom. The number of aromatic nitrogens is 2. The predicted octanol–water partition coefficient (Wildman–Crippen LogP) is 1.59. The average Bonchev–Trinajstić information content (AvgIpc) is 2.59. The standard InChI is InChI=1S/C10H15N3/c1-3-8(2)13-6-9-10(7-13)12-5-4-11-9/h4-5,8H,3,6-7H2,1-2H3. The zero-order chi connectivity index (χ0) is 9.26. The van der Waals surface area contributed by atoms with Crippen molar-refractivity contribution in [3.05, 3.63) is 23.8 Å². The molecular weight excluding hydrogens is 162 g/mol. The van der Waals surface area contributed by atoms with Crippen molar-refractivity contribution in [2.24, 2.45) is 0 Å². The van der Waals surface area contributed by atoms with Crippen LogP contribution in [0.1, 0.15) is 31.7 Å². The van der Waals surface area contributed by atoms with Crippen molar-refractivity contribution >= 4 is 0 Å². The molecule has 0 amide bonds. The first-order valence-electron chi connectivity index (χ1n) is 4.84. The topological polar surface area (TPSA) is 29.0 Å². The Morgan fingerprint density at radius 2 is 1.85 bits per heavy atom. The molecule has 0 saturated carbocycles. The first-order chi connectivity index (χ1) is 6.31. The highest BCUT2D eigenvalue weighted by Crippen LogP contribution is 2.21. The average molecular weight is 177 g/mol. The summed E-state index contributed by atoms with van der Waals surface area (Å²) in [5.41, 5.74) is 2.31. The summed E-state index contributed by atoms with van der Waals surface area (Å²) in [4.78, 5) is 11.1. The third-order valence-corrected chi connectivity index (χ3v) is 2.78. The molecular formula is C10H15N3. The Labute approximate surface area is 78.8 Å². The zero-order valence-corrected chi connectivity index (χ0v) is 8.20. The molecule has 1 aromatic rings. The number of hydrogen-bond donors (Lipinski definition) is 0. The summed E-state index contributed by atoms with van der Waals surface area (Å²) in [6, 6.07) is 0.635. The lowest BCUT2D eigenvalue weighted by atomic mass is 10.2. The van der Waals surface area contributed by atoms with Crippen LogP contribution in [-0.4, -0.2) is 20.9 Å². The van der Waals surface area contributed by atoms with Crippen LogP contribution in [-0.2, 0) is 13.1 Å². The van der Waals surface area contributed by atoms with E-state index in [1.54, 1.807) is 12.4 Å². The maximum Gasteiger partial charge on any atom is 0.0772 e. The van der Waals surface area contributed by atoms with E-state index in [9.17, 15) is 0 Å². The number of hydrogen-bond acceptors (Lipinski definition) is 3. The normalized spacial score (nSPS) is 18.6. The Hall–Kier alpha value is -0.960. The molecule has 1 aliphatic heterocycles. The number of rotatable bonds is 2. The lowest BCUT2D eigenvalue weighted by molar-refractivity contribution is 0.206. The van der Waals surface area contributed by atoms with Crippen molar-refractivity contribution < 1.29 is 0 Å². The third-order valence-electron chi connectivity index (χ3n) is 2.78. The monoisotopic (exact) mass is 177 g/mol. The fraction of sp³-hybridized carbons (Fsp3) is 0.600. The van der Waals surface area contributed by atoms with Gasteiger partial charge >= 0.3 is 0 Å². The molecule has 13 heavy (non-hydrogen) atoms. The molecule has 2 heterocycles. The van der Waals surface area contributed by atoms with Crippen LogP contribution in [0.15, 0.2) is 12.4 Å². The van der Waals surface area contributed by atoms with Gasteiger partial charge in [0, 0.05) is 31.5 Å². The molecule has 0 bridgehead atoms.